The number of hydrogen-bond donors (Lipinski definition) is 2. The Morgan fingerprint density at radius 3 is 2.67 bits per heavy atom. The van der Waals surface area contributed by atoms with Crippen molar-refractivity contribution in [1.82, 2.24) is 15.5 Å². The van der Waals surface area contributed by atoms with E-state index < -0.39 is 0 Å². The summed E-state index contributed by atoms with van der Waals surface area (Å²) in [6.45, 7) is 1.83. The number of fused-ring (bicyclic) bond motifs is 1. The van der Waals surface area contributed by atoms with Crippen LogP contribution in [0.1, 0.15) is 57.4 Å². The molecular formula is C24H37N3O2S. The van der Waals surface area contributed by atoms with Crippen LogP contribution in [0, 0.1) is 0 Å². The first-order chi connectivity index (χ1) is 14.6. The van der Waals surface area contributed by atoms with E-state index in [1.807, 2.05) is 18.7 Å². The molecule has 6 heteroatoms. The van der Waals surface area contributed by atoms with E-state index in [1.165, 1.54) is 5.56 Å². The van der Waals surface area contributed by atoms with Crippen LogP contribution in [0.25, 0.3) is 0 Å². The Morgan fingerprint density at radius 1 is 1.13 bits per heavy atom. The van der Waals surface area contributed by atoms with Crippen LogP contribution in [0.5, 0.6) is 0 Å². The predicted molar refractivity (Wildman–Crippen MR) is 125 cm³/mol. The van der Waals surface area contributed by atoms with E-state index in [-0.39, 0.29) is 23.9 Å². The molecule has 2 fully saturated rings. The molecule has 2 aliphatic rings. The lowest BCUT2D eigenvalue weighted by Gasteiger charge is -2.36. The Morgan fingerprint density at radius 2 is 1.90 bits per heavy atom. The van der Waals surface area contributed by atoms with Gasteiger partial charge in [0.15, 0.2) is 0 Å². The quantitative estimate of drug-likeness (QED) is 0.589. The highest BCUT2D eigenvalue weighted by molar-refractivity contribution is 7.99. The molecule has 0 spiro atoms. The van der Waals surface area contributed by atoms with Gasteiger partial charge in [-0.2, -0.15) is 11.8 Å². The molecule has 166 valence electrons. The average molecular weight is 432 g/mol. The molecule has 2 aliphatic heterocycles. The SMILES string of the molecule is CNC(C)C(=O)N[C@H]1CCCC[C@H]2CC[C@@H](CCSCCc3ccccc3)N2C1=O. The summed E-state index contributed by atoms with van der Waals surface area (Å²) in [5.74, 6) is 2.27. The van der Waals surface area contributed by atoms with Crippen molar-refractivity contribution in [1.29, 1.82) is 0 Å². The molecule has 1 aromatic carbocycles. The second kappa shape index (κ2) is 11.8. The fourth-order valence-corrected chi connectivity index (χ4v) is 5.66. The van der Waals surface area contributed by atoms with Crippen molar-refractivity contribution in [2.75, 3.05) is 18.6 Å². The molecule has 2 heterocycles. The molecule has 1 unspecified atom stereocenters. The van der Waals surface area contributed by atoms with Crippen LogP contribution < -0.4 is 10.6 Å². The summed E-state index contributed by atoms with van der Waals surface area (Å²) in [5.41, 5.74) is 1.39. The summed E-state index contributed by atoms with van der Waals surface area (Å²) in [7, 11) is 1.77. The Kier molecular flexibility index (Phi) is 9.06. The van der Waals surface area contributed by atoms with Gasteiger partial charge in [-0.25, -0.2) is 0 Å². The van der Waals surface area contributed by atoms with Gasteiger partial charge in [-0.1, -0.05) is 43.2 Å². The van der Waals surface area contributed by atoms with E-state index in [4.69, 9.17) is 0 Å². The molecule has 2 N–H and O–H groups in total. The Bertz CT molecular complexity index is 684. The molecule has 5 nitrogen and oxygen atoms in total. The topological polar surface area (TPSA) is 61.4 Å². The van der Waals surface area contributed by atoms with Gasteiger partial charge in [-0.05, 0) is 69.6 Å². The number of carbonyl (C=O) groups excluding carboxylic acids is 2. The number of benzene rings is 1. The second-order valence-corrected chi connectivity index (χ2v) is 9.85. The standard InChI is InChI=1S/C24H37N3O2S/c1-18(25-2)23(28)26-22-11-7-6-10-20-12-13-21(27(20)24(22)29)15-17-30-16-14-19-8-4-3-5-9-19/h3-5,8-9,18,20-22,25H,6-7,10-17H2,1-2H3,(H,26,28)/t18?,20-,21-,22-/m0/s1. The minimum absolute atomic E-state index is 0.0832. The molecule has 1 aromatic rings. The van der Waals surface area contributed by atoms with Gasteiger partial charge in [0.2, 0.25) is 11.8 Å². The lowest BCUT2D eigenvalue weighted by molar-refractivity contribution is -0.140. The van der Waals surface area contributed by atoms with Crippen molar-refractivity contribution in [3.63, 3.8) is 0 Å². The number of aryl methyl sites for hydroxylation is 1. The lowest BCUT2D eigenvalue weighted by Crippen LogP contribution is -2.55. The lowest BCUT2D eigenvalue weighted by atomic mass is 9.98. The largest absolute Gasteiger partial charge is 0.343 e. The van der Waals surface area contributed by atoms with Crippen molar-refractivity contribution in [3.8, 4) is 0 Å². The van der Waals surface area contributed by atoms with E-state index in [0.717, 1.165) is 62.9 Å². The normalized spacial score (nSPS) is 25.3. The maximum absolute atomic E-state index is 13.4. The van der Waals surface area contributed by atoms with Gasteiger partial charge in [-0.15, -0.1) is 0 Å². The molecule has 2 saturated heterocycles. The van der Waals surface area contributed by atoms with E-state index >= 15 is 0 Å². The third kappa shape index (κ3) is 6.24. The number of hydrogen-bond acceptors (Lipinski definition) is 4. The van der Waals surface area contributed by atoms with Crippen molar-refractivity contribution in [2.45, 2.75) is 82.5 Å². The summed E-state index contributed by atoms with van der Waals surface area (Å²) in [4.78, 5) is 27.9. The smallest absolute Gasteiger partial charge is 0.245 e. The summed E-state index contributed by atoms with van der Waals surface area (Å²) in [5, 5.41) is 5.98. The van der Waals surface area contributed by atoms with Gasteiger partial charge in [-0.3, -0.25) is 9.59 Å². The van der Waals surface area contributed by atoms with Crippen LogP contribution in [0.2, 0.25) is 0 Å². The number of likely N-dealkylation sites (N-methyl/N-ethyl adjacent to an activating group) is 1. The van der Waals surface area contributed by atoms with Crippen molar-refractivity contribution in [2.24, 2.45) is 0 Å². The first-order valence-corrected chi connectivity index (χ1v) is 12.7. The third-order valence-electron chi connectivity index (χ3n) is 6.57. The van der Waals surface area contributed by atoms with Crippen molar-refractivity contribution >= 4 is 23.6 Å². The van der Waals surface area contributed by atoms with Gasteiger partial charge in [0, 0.05) is 12.1 Å². The average Bonchev–Trinajstić information content (AvgIpc) is 3.16. The minimum atomic E-state index is -0.373. The Balaban J connectivity index is 1.52. The van der Waals surface area contributed by atoms with Gasteiger partial charge in [0.05, 0.1) is 6.04 Å². The van der Waals surface area contributed by atoms with Gasteiger partial charge >= 0.3 is 0 Å². The molecule has 4 atom stereocenters. The Hall–Kier alpha value is -1.53. The monoisotopic (exact) mass is 431 g/mol. The fraction of sp³-hybridized carbons (Fsp3) is 0.667. The van der Waals surface area contributed by atoms with E-state index in [9.17, 15) is 9.59 Å². The molecule has 0 aliphatic carbocycles. The van der Waals surface area contributed by atoms with E-state index in [1.54, 1.807) is 7.05 Å². The maximum atomic E-state index is 13.4. The summed E-state index contributed by atoms with van der Waals surface area (Å²) >= 11 is 1.99. The van der Waals surface area contributed by atoms with Crippen LogP contribution in [0.15, 0.2) is 30.3 Å². The molecule has 0 aromatic heterocycles. The van der Waals surface area contributed by atoms with Crippen LogP contribution in [-0.4, -0.2) is 59.4 Å². The van der Waals surface area contributed by atoms with Gasteiger partial charge < -0.3 is 15.5 Å². The summed E-state index contributed by atoms with van der Waals surface area (Å²) < 4.78 is 0. The molecule has 30 heavy (non-hydrogen) atoms. The Labute approximate surface area is 185 Å². The first-order valence-electron chi connectivity index (χ1n) is 11.5. The zero-order chi connectivity index (χ0) is 21.3. The molecule has 0 saturated carbocycles. The summed E-state index contributed by atoms with van der Waals surface area (Å²) in [6, 6.07) is 10.6. The second-order valence-electron chi connectivity index (χ2n) is 8.62. The minimum Gasteiger partial charge on any atom is -0.343 e. The number of amides is 2. The number of rotatable bonds is 9. The number of carbonyl (C=O) groups is 2. The molecule has 3 rings (SSSR count). The number of nitrogens with zero attached hydrogens (tertiary/aromatic N) is 1. The van der Waals surface area contributed by atoms with Crippen molar-refractivity contribution < 1.29 is 9.59 Å². The van der Waals surface area contributed by atoms with Crippen LogP contribution >= 0.6 is 11.8 Å². The van der Waals surface area contributed by atoms with E-state index in [0.29, 0.717) is 12.1 Å². The highest BCUT2D eigenvalue weighted by atomic mass is 32.2. The van der Waals surface area contributed by atoms with Gasteiger partial charge in [0.1, 0.15) is 6.04 Å². The fourth-order valence-electron chi connectivity index (χ4n) is 4.64. The maximum Gasteiger partial charge on any atom is 0.245 e. The van der Waals surface area contributed by atoms with Crippen LogP contribution in [-0.2, 0) is 16.0 Å². The molecule has 0 bridgehead atoms. The number of nitrogens with one attached hydrogen (secondary N) is 2. The zero-order valence-electron chi connectivity index (χ0n) is 18.4. The number of thioether (sulfide) groups is 1. The highest BCUT2D eigenvalue weighted by Gasteiger charge is 2.40. The molecule has 0 radical (unpaired) electrons. The predicted octanol–water partition coefficient (Wildman–Crippen LogP) is 3.38. The zero-order valence-corrected chi connectivity index (χ0v) is 19.3. The van der Waals surface area contributed by atoms with Gasteiger partial charge in [0.25, 0.3) is 0 Å². The molecular weight excluding hydrogens is 394 g/mol. The highest BCUT2D eigenvalue weighted by Crippen LogP contribution is 2.33. The van der Waals surface area contributed by atoms with Crippen LogP contribution in [0.3, 0.4) is 0 Å². The summed E-state index contributed by atoms with van der Waals surface area (Å²) in [6.07, 6.45) is 8.37. The van der Waals surface area contributed by atoms with Crippen molar-refractivity contribution in [3.05, 3.63) is 35.9 Å². The van der Waals surface area contributed by atoms with Crippen LogP contribution in [0.4, 0.5) is 0 Å². The first kappa shape index (κ1) is 23.1. The molecule has 2 amide bonds. The van der Waals surface area contributed by atoms with E-state index in [2.05, 4.69) is 45.9 Å². The third-order valence-corrected chi connectivity index (χ3v) is 7.59.